The highest BCUT2D eigenvalue weighted by Crippen LogP contribution is 2.13. The maximum Gasteiger partial charge on any atom is 0.145 e. The Morgan fingerprint density at radius 2 is 2.25 bits per heavy atom. The van der Waals surface area contributed by atoms with E-state index in [0.717, 1.165) is 18.8 Å². The van der Waals surface area contributed by atoms with Crippen LogP contribution in [0.1, 0.15) is 19.4 Å². The molecule has 0 aliphatic heterocycles. The summed E-state index contributed by atoms with van der Waals surface area (Å²) in [6.45, 7) is 4.89. The summed E-state index contributed by atoms with van der Waals surface area (Å²) >= 11 is 0. The molecule has 0 unspecified atom stereocenters. The van der Waals surface area contributed by atoms with Gasteiger partial charge in [0.2, 0.25) is 0 Å². The van der Waals surface area contributed by atoms with Gasteiger partial charge in [0.1, 0.15) is 5.82 Å². The van der Waals surface area contributed by atoms with Crippen molar-refractivity contribution in [2.45, 2.75) is 20.3 Å². The van der Waals surface area contributed by atoms with Gasteiger partial charge in [0.05, 0.1) is 0 Å². The number of hydrogen-bond donors (Lipinski definition) is 1. The third kappa shape index (κ3) is 1.74. The van der Waals surface area contributed by atoms with E-state index in [2.05, 4.69) is 18.0 Å². The molecule has 3 nitrogen and oxygen atoms in total. The predicted octanol–water partition coefficient (Wildman–Crippen LogP) is 1.34. The van der Waals surface area contributed by atoms with Crippen LogP contribution >= 0.6 is 0 Å². The third-order valence-electron chi connectivity index (χ3n) is 1.86. The lowest BCUT2D eigenvalue weighted by atomic mass is 10.2. The molecule has 1 heterocycles. The predicted molar refractivity (Wildman–Crippen MR) is 50.8 cm³/mol. The van der Waals surface area contributed by atoms with Gasteiger partial charge in [-0.05, 0) is 25.0 Å². The van der Waals surface area contributed by atoms with Crippen LogP contribution in [-0.2, 0) is 6.42 Å². The quantitative estimate of drug-likeness (QED) is 0.543. The number of hydrazine groups is 1. The maximum atomic E-state index is 5.74. The first kappa shape index (κ1) is 9.00. The van der Waals surface area contributed by atoms with Crippen molar-refractivity contribution in [1.29, 1.82) is 0 Å². The number of pyridine rings is 1. The van der Waals surface area contributed by atoms with Crippen molar-refractivity contribution >= 4 is 5.82 Å². The Bertz CT molecular complexity index is 247. The van der Waals surface area contributed by atoms with Crippen molar-refractivity contribution in [2.75, 3.05) is 11.6 Å². The summed E-state index contributed by atoms with van der Waals surface area (Å²) in [6, 6.07) is 3.99. The molecule has 0 atom stereocenters. The summed E-state index contributed by atoms with van der Waals surface area (Å²) in [7, 11) is 0. The van der Waals surface area contributed by atoms with Crippen LogP contribution in [0.5, 0.6) is 0 Å². The van der Waals surface area contributed by atoms with Gasteiger partial charge in [0.15, 0.2) is 0 Å². The SMILES string of the molecule is CCc1cccnc1N(N)CC. The molecule has 2 N–H and O–H groups in total. The van der Waals surface area contributed by atoms with Gasteiger partial charge in [-0.25, -0.2) is 10.8 Å². The molecular weight excluding hydrogens is 150 g/mol. The Morgan fingerprint density at radius 1 is 1.50 bits per heavy atom. The van der Waals surface area contributed by atoms with Crippen LogP contribution in [0.15, 0.2) is 18.3 Å². The van der Waals surface area contributed by atoms with Crippen molar-refractivity contribution in [3.05, 3.63) is 23.9 Å². The zero-order chi connectivity index (χ0) is 8.97. The number of rotatable bonds is 3. The van der Waals surface area contributed by atoms with Gasteiger partial charge in [-0.1, -0.05) is 13.0 Å². The zero-order valence-electron chi connectivity index (χ0n) is 7.62. The average Bonchev–Trinajstić information content (AvgIpc) is 2.16. The Hall–Kier alpha value is -1.09. The second-order valence-electron chi connectivity index (χ2n) is 2.63. The van der Waals surface area contributed by atoms with Crippen LogP contribution in [-0.4, -0.2) is 11.5 Å². The van der Waals surface area contributed by atoms with Crippen molar-refractivity contribution in [2.24, 2.45) is 5.84 Å². The van der Waals surface area contributed by atoms with Crippen LogP contribution in [0.3, 0.4) is 0 Å². The average molecular weight is 165 g/mol. The van der Waals surface area contributed by atoms with Gasteiger partial charge in [0, 0.05) is 12.7 Å². The molecule has 0 fully saturated rings. The van der Waals surface area contributed by atoms with E-state index in [9.17, 15) is 0 Å². The van der Waals surface area contributed by atoms with Crippen LogP contribution in [0, 0.1) is 0 Å². The topological polar surface area (TPSA) is 42.2 Å². The second kappa shape index (κ2) is 4.07. The third-order valence-corrected chi connectivity index (χ3v) is 1.86. The van der Waals surface area contributed by atoms with Gasteiger partial charge in [-0.15, -0.1) is 0 Å². The van der Waals surface area contributed by atoms with Crippen LogP contribution in [0.2, 0.25) is 0 Å². The molecule has 0 amide bonds. The normalized spacial score (nSPS) is 9.92. The van der Waals surface area contributed by atoms with E-state index >= 15 is 0 Å². The smallest absolute Gasteiger partial charge is 0.145 e. The van der Waals surface area contributed by atoms with E-state index in [1.165, 1.54) is 5.56 Å². The highest BCUT2D eigenvalue weighted by molar-refractivity contribution is 5.44. The molecule has 1 rings (SSSR count). The standard InChI is InChI=1S/C9H15N3/c1-3-8-6-5-7-11-9(8)12(10)4-2/h5-7H,3-4,10H2,1-2H3. The number of aryl methyl sites for hydroxylation is 1. The molecule has 0 saturated carbocycles. The molecule has 0 radical (unpaired) electrons. The second-order valence-corrected chi connectivity index (χ2v) is 2.63. The molecule has 66 valence electrons. The highest BCUT2D eigenvalue weighted by Gasteiger charge is 2.04. The highest BCUT2D eigenvalue weighted by atomic mass is 15.4. The van der Waals surface area contributed by atoms with E-state index in [-0.39, 0.29) is 0 Å². The van der Waals surface area contributed by atoms with Gasteiger partial charge in [-0.3, -0.25) is 5.01 Å². The van der Waals surface area contributed by atoms with Gasteiger partial charge in [0.25, 0.3) is 0 Å². The molecule has 1 aromatic heterocycles. The fourth-order valence-electron chi connectivity index (χ4n) is 1.11. The summed E-state index contributed by atoms with van der Waals surface area (Å²) in [5.41, 5.74) is 1.20. The van der Waals surface area contributed by atoms with Crippen molar-refractivity contribution < 1.29 is 0 Å². The minimum absolute atomic E-state index is 0.782. The first-order valence-corrected chi connectivity index (χ1v) is 4.25. The summed E-state index contributed by atoms with van der Waals surface area (Å²) in [5, 5.41) is 1.67. The number of nitrogens with zero attached hydrogens (tertiary/aromatic N) is 2. The van der Waals surface area contributed by atoms with Crippen molar-refractivity contribution in [3.8, 4) is 0 Å². The van der Waals surface area contributed by atoms with Crippen LogP contribution < -0.4 is 10.9 Å². The minimum Gasteiger partial charge on any atom is -0.295 e. The number of hydrogen-bond acceptors (Lipinski definition) is 3. The monoisotopic (exact) mass is 165 g/mol. The van der Waals surface area contributed by atoms with Crippen molar-refractivity contribution in [3.63, 3.8) is 0 Å². The summed E-state index contributed by atoms with van der Waals surface area (Å²) in [4.78, 5) is 4.22. The first-order chi connectivity index (χ1) is 5.79. The molecule has 0 aliphatic carbocycles. The Labute approximate surface area is 73.2 Å². The summed E-state index contributed by atoms with van der Waals surface area (Å²) < 4.78 is 0. The fourth-order valence-corrected chi connectivity index (χ4v) is 1.11. The summed E-state index contributed by atoms with van der Waals surface area (Å²) in [5.74, 6) is 6.63. The van der Waals surface area contributed by atoms with Gasteiger partial charge in [-0.2, -0.15) is 0 Å². The first-order valence-electron chi connectivity index (χ1n) is 4.25. The molecule has 0 aliphatic rings. The lowest BCUT2D eigenvalue weighted by molar-refractivity contribution is 0.853. The zero-order valence-corrected chi connectivity index (χ0v) is 7.62. The minimum atomic E-state index is 0.782. The molecule has 0 saturated heterocycles. The van der Waals surface area contributed by atoms with Crippen molar-refractivity contribution in [1.82, 2.24) is 4.98 Å². The molecule has 12 heavy (non-hydrogen) atoms. The molecule has 0 spiro atoms. The molecule has 0 aromatic carbocycles. The number of anilines is 1. The van der Waals surface area contributed by atoms with Gasteiger partial charge < -0.3 is 0 Å². The molecule has 1 aromatic rings. The fraction of sp³-hybridized carbons (Fsp3) is 0.444. The molecular formula is C9H15N3. The lowest BCUT2D eigenvalue weighted by Crippen LogP contribution is -2.32. The lowest BCUT2D eigenvalue weighted by Gasteiger charge is -2.17. The van der Waals surface area contributed by atoms with Crippen LogP contribution in [0.4, 0.5) is 5.82 Å². The number of nitrogens with two attached hydrogens (primary N) is 1. The Kier molecular flexibility index (Phi) is 3.05. The Morgan fingerprint density at radius 3 is 2.83 bits per heavy atom. The van der Waals surface area contributed by atoms with E-state index < -0.39 is 0 Å². The van der Waals surface area contributed by atoms with E-state index in [1.807, 2.05) is 13.0 Å². The molecule has 3 heteroatoms. The maximum absolute atomic E-state index is 5.74. The number of aromatic nitrogens is 1. The van der Waals surface area contributed by atoms with E-state index in [0.29, 0.717) is 0 Å². The summed E-state index contributed by atoms with van der Waals surface area (Å²) in [6.07, 6.45) is 2.74. The Balaban J connectivity index is 2.96. The van der Waals surface area contributed by atoms with E-state index in [4.69, 9.17) is 5.84 Å². The van der Waals surface area contributed by atoms with Crippen LogP contribution in [0.25, 0.3) is 0 Å². The largest absolute Gasteiger partial charge is 0.295 e. The van der Waals surface area contributed by atoms with Gasteiger partial charge >= 0.3 is 0 Å². The van der Waals surface area contributed by atoms with E-state index in [1.54, 1.807) is 11.2 Å². The molecule has 0 bridgehead atoms.